The van der Waals surface area contributed by atoms with Crippen molar-refractivity contribution in [3.8, 4) is 11.3 Å². The number of halogens is 1. The minimum absolute atomic E-state index is 0.577. The van der Waals surface area contributed by atoms with Gasteiger partial charge in [-0.3, -0.25) is 0 Å². The van der Waals surface area contributed by atoms with E-state index in [0.29, 0.717) is 10.7 Å². The summed E-state index contributed by atoms with van der Waals surface area (Å²) in [5.41, 5.74) is 9.64. The Morgan fingerprint density at radius 2 is 1.90 bits per heavy atom. The standard InChI is InChI=1S/C16H13ClN2S/c17-13-7-6-12(9-14(13)18)15-10-20-16(19-15)8-11-4-2-1-3-5-11/h1-7,9-10H,8,18H2. The van der Waals surface area contributed by atoms with Crippen LogP contribution in [-0.4, -0.2) is 4.98 Å². The number of nitrogen functional groups attached to an aromatic ring is 1. The summed E-state index contributed by atoms with van der Waals surface area (Å²) >= 11 is 7.60. The highest BCUT2D eigenvalue weighted by Crippen LogP contribution is 2.28. The summed E-state index contributed by atoms with van der Waals surface area (Å²) in [5, 5.41) is 3.73. The second-order valence-electron chi connectivity index (χ2n) is 4.53. The summed E-state index contributed by atoms with van der Waals surface area (Å²) in [7, 11) is 0. The Kier molecular flexibility index (Phi) is 3.72. The predicted molar refractivity (Wildman–Crippen MR) is 86.2 cm³/mol. The molecule has 0 amide bonds. The van der Waals surface area contributed by atoms with Gasteiger partial charge in [-0.05, 0) is 17.7 Å². The number of rotatable bonds is 3. The van der Waals surface area contributed by atoms with Crippen LogP contribution >= 0.6 is 22.9 Å². The van der Waals surface area contributed by atoms with Crippen molar-refractivity contribution in [3.05, 3.63) is 69.5 Å². The first-order valence-electron chi connectivity index (χ1n) is 6.26. The average Bonchev–Trinajstić information content (AvgIpc) is 2.91. The minimum Gasteiger partial charge on any atom is -0.398 e. The van der Waals surface area contributed by atoms with Gasteiger partial charge in [-0.1, -0.05) is 48.0 Å². The van der Waals surface area contributed by atoms with Gasteiger partial charge in [-0.2, -0.15) is 0 Å². The molecule has 3 rings (SSSR count). The minimum atomic E-state index is 0.577. The van der Waals surface area contributed by atoms with Crippen molar-refractivity contribution in [2.75, 3.05) is 5.73 Å². The van der Waals surface area contributed by atoms with Gasteiger partial charge in [0.1, 0.15) is 0 Å². The van der Waals surface area contributed by atoms with Gasteiger partial charge in [0.05, 0.1) is 21.4 Å². The first kappa shape index (κ1) is 13.2. The SMILES string of the molecule is Nc1cc(-c2csc(Cc3ccccc3)n2)ccc1Cl. The molecule has 2 N–H and O–H groups in total. The fourth-order valence-electron chi connectivity index (χ4n) is 2.00. The summed E-state index contributed by atoms with van der Waals surface area (Å²) < 4.78 is 0. The third kappa shape index (κ3) is 2.84. The first-order chi connectivity index (χ1) is 9.72. The lowest BCUT2D eigenvalue weighted by Gasteiger charge is -2.01. The van der Waals surface area contributed by atoms with E-state index in [1.54, 1.807) is 11.3 Å². The van der Waals surface area contributed by atoms with E-state index in [2.05, 4.69) is 22.5 Å². The van der Waals surface area contributed by atoms with E-state index >= 15 is 0 Å². The van der Waals surface area contributed by atoms with E-state index in [1.165, 1.54) is 5.56 Å². The van der Waals surface area contributed by atoms with E-state index in [1.807, 2.05) is 36.4 Å². The fraction of sp³-hybridized carbons (Fsp3) is 0.0625. The lowest BCUT2D eigenvalue weighted by Crippen LogP contribution is -1.89. The quantitative estimate of drug-likeness (QED) is 0.716. The maximum atomic E-state index is 5.94. The molecule has 1 heterocycles. The molecule has 20 heavy (non-hydrogen) atoms. The third-order valence-electron chi connectivity index (χ3n) is 3.04. The molecule has 0 saturated carbocycles. The molecule has 0 atom stereocenters. The van der Waals surface area contributed by atoms with Crippen LogP contribution in [0.4, 0.5) is 5.69 Å². The number of thiazole rings is 1. The smallest absolute Gasteiger partial charge is 0.0976 e. The Bertz CT molecular complexity index is 722. The molecule has 1 aromatic heterocycles. The molecule has 100 valence electrons. The van der Waals surface area contributed by atoms with Crippen LogP contribution in [0.2, 0.25) is 5.02 Å². The molecule has 4 heteroatoms. The Labute approximate surface area is 126 Å². The molecule has 2 aromatic carbocycles. The van der Waals surface area contributed by atoms with Gasteiger partial charge in [0.25, 0.3) is 0 Å². The second kappa shape index (κ2) is 5.65. The predicted octanol–water partition coefficient (Wildman–Crippen LogP) is 4.64. The number of anilines is 1. The van der Waals surface area contributed by atoms with Gasteiger partial charge in [-0.15, -0.1) is 11.3 Å². The van der Waals surface area contributed by atoms with E-state index in [9.17, 15) is 0 Å². The Balaban J connectivity index is 1.84. The topological polar surface area (TPSA) is 38.9 Å². The maximum absolute atomic E-state index is 5.94. The largest absolute Gasteiger partial charge is 0.398 e. The first-order valence-corrected chi connectivity index (χ1v) is 7.52. The number of hydrogen-bond acceptors (Lipinski definition) is 3. The molecule has 0 fully saturated rings. The summed E-state index contributed by atoms with van der Waals surface area (Å²) in [6.45, 7) is 0. The van der Waals surface area contributed by atoms with Gasteiger partial charge >= 0.3 is 0 Å². The van der Waals surface area contributed by atoms with Gasteiger partial charge in [-0.25, -0.2) is 4.98 Å². The van der Waals surface area contributed by atoms with Crippen molar-refractivity contribution >= 4 is 28.6 Å². The van der Waals surface area contributed by atoms with Crippen molar-refractivity contribution in [2.24, 2.45) is 0 Å². The molecule has 0 aliphatic carbocycles. The van der Waals surface area contributed by atoms with Gasteiger partial charge < -0.3 is 5.73 Å². The summed E-state index contributed by atoms with van der Waals surface area (Å²) in [6.07, 6.45) is 0.856. The number of hydrogen-bond donors (Lipinski definition) is 1. The average molecular weight is 301 g/mol. The van der Waals surface area contributed by atoms with Crippen LogP contribution in [-0.2, 0) is 6.42 Å². The van der Waals surface area contributed by atoms with E-state index in [-0.39, 0.29) is 0 Å². The van der Waals surface area contributed by atoms with Crippen LogP contribution < -0.4 is 5.73 Å². The van der Waals surface area contributed by atoms with Gasteiger partial charge in [0.15, 0.2) is 0 Å². The van der Waals surface area contributed by atoms with Crippen LogP contribution in [0.15, 0.2) is 53.9 Å². The zero-order valence-corrected chi connectivity index (χ0v) is 12.3. The van der Waals surface area contributed by atoms with Crippen molar-refractivity contribution in [2.45, 2.75) is 6.42 Å². The molecular weight excluding hydrogens is 288 g/mol. The number of benzene rings is 2. The van der Waals surface area contributed by atoms with E-state index in [0.717, 1.165) is 22.7 Å². The normalized spacial score (nSPS) is 10.7. The highest BCUT2D eigenvalue weighted by molar-refractivity contribution is 7.10. The highest BCUT2D eigenvalue weighted by atomic mass is 35.5. The number of nitrogens with two attached hydrogens (primary N) is 1. The monoisotopic (exact) mass is 300 g/mol. The zero-order valence-electron chi connectivity index (χ0n) is 10.7. The van der Waals surface area contributed by atoms with Crippen molar-refractivity contribution in [1.29, 1.82) is 0 Å². The lowest BCUT2D eigenvalue weighted by atomic mass is 10.1. The summed E-state index contributed by atoms with van der Waals surface area (Å²) in [5.74, 6) is 0. The molecule has 0 unspecified atom stereocenters. The van der Waals surface area contributed by atoms with Crippen LogP contribution in [0, 0.1) is 0 Å². The van der Waals surface area contributed by atoms with Crippen molar-refractivity contribution in [1.82, 2.24) is 4.98 Å². The summed E-state index contributed by atoms with van der Waals surface area (Å²) in [6, 6.07) is 16.0. The van der Waals surface area contributed by atoms with Crippen molar-refractivity contribution in [3.63, 3.8) is 0 Å². The highest BCUT2D eigenvalue weighted by Gasteiger charge is 2.07. The molecule has 2 nitrogen and oxygen atoms in total. The second-order valence-corrected chi connectivity index (χ2v) is 5.88. The number of nitrogens with zero attached hydrogens (tertiary/aromatic N) is 1. The van der Waals surface area contributed by atoms with Crippen LogP contribution in [0.25, 0.3) is 11.3 Å². The van der Waals surface area contributed by atoms with E-state index in [4.69, 9.17) is 17.3 Å². The molecule has 0 bridgehead atoms. The van der Waals surface area contributed by atoms with E-state index < -0.39 is 0 Å². The molecule has 0 aliphatic rings. The molecule has 0 saturated heterocycles. The molecule has 3 aromatic rings. The molecule has 0 aliphatic heterocycles. The van der Waals surface area contributed by atoms with Crippen LogP contribution in [0.3, 0.4) is 0 Å². The summed E-state index contributed by atoms with van der Waals surface area (Å²) in [4.78, 5) is 4.67. The lowest BCUT2D eigenvalue weighted by molar-refractivity contribution is 1.14. The van der Waals surface area contributed by atoms with Crippen LogP contribution in [0.1, 0.15) is 10.6 Å². The Morgan fingerprint density at radius 1 is 1.10 bits per heavy atom. The molecular formula is C16H13ClN2S. The zero-order chi connectivity index (χ0) is 13.9. The third-order valence-corrected chi connectivity index (χ3v) is 4.23. The Morgan fingerprint density at radius 3 is 2.65 bits per heavy atom. The fourth-order valence-corrected chi connectivity index (χ4v) is 2.95. The van der Waals surface area contributed by atoms with Gasteiger partial charge in [0.2, 0.25) is 0 Å². The number of aromatic nitrogens is 1. The van der Waals surface area contributed by atoms with Crippen molar-refractivity contribution < 1.29 is 0 Å². The maximum Gasteiger partial charge on any atom is 0.0976 e. The molecule has 0 spiro atoms. The van der Waals surface area contributed by atoms with Gasteiger partial charge in [0, 0.05) is 17.4 Å². The van der Waals surface area contributed by atoms with Crippen LogP contribution in [0.5, 0.6) is 0 Å². The molecule has 0 radical (unpaired) electrons. The Hall–Kier alpha value is -1.84.